The van der Waals surface area contributed by atoms with Crippen LogP contribution in [0.25, 0.3) is 10.8 Å². The van der Waals surface area contributed by atoms with Crippen molar-refractivity contribution in [1.82, 2.24) is 4.90 Å². The zero-order valence-corrected chi connectivity index (χ0v) is 17.9. The van der Waals surface area contributed by atoms with E-state index in [1.54, 1.807) is 4.90 Å². The summed E-state index contributed by atoms with van der Waals surface area (Å²) in [5.74, 6) is 0.663. The minimum absolute atomic E-state index is 0.0200. The molecule has 27 heavy (non-hydrogen) atoms. The number of carbonyl (C=O) groups is 1. The first-order valence-electron chi connectivity index (χ1n) is 9.13. The first-order chi connectivity index (χ1) is 12.8. The van der Waals surface area contributed by atoms with E-state index in [0.717, 1.165) is 21.7 Å². The smallest absolute Gasteiger partial charge is 0.261 e. The number of ether oxygens (including phenoxy) is 1. The molecular weight excluding hydrogens is 430 g/mol. The van der Waals surface area contributed by atoms with Crippen LogP contribution in [-0.2, 0) is 14.6 Å². The van der Waals surface area contributed by atoms with Crippen LogP contribution in [0.2, 0.25) is 0 Å². The third-order valence-corrected chi connectivity index (χ3v) is 7.34. The highest BCUT2D eigenvalue weighted by Crippen LogP contribution is 2.25. The van der Waals surface area contributed by atoms with Gasteiger partial charge in [-0.1, -0.05) is 35.0 Å². The van der Waals surface area contributed by atoms with Gasteiger partial charge >= 0.3 is 0 Å². The Morgan fingerprint density at radius 1 is 1.26 bits per heavy atom. The average molecular weight is 454 g/mol. The number of amides is 1. The van der Waals surface area contributed by atoms with Crippen molar-refractivity contribution >= 4 is 42.4 Å². The number of nitrogens with zero attached hydrogens (tertiary/aromatic N) is 1. The van der Waals surface area contributed by atoms with E-state index in [1.165, 1.54) is 0 Å². The lowest BCUT2D eigenvalue weighted by Gasteiger charge is -2.33. The topological polar surface area (TPSA) is 63.7 Å². The highest BCUT2D eigenvalue weighted by molar-refractivity contribution is 9.10. The number of fused-ring (bicyclic) bond motifs is 1. The van der Waals surface area contributed by atoms with Gasteiger partial charge in [0.25, 0.3) is 5.91 Å². The standard InChI is InChI=1S/C20H24BrNO4S/c1-3-14(2)22(18-8-9-27(24,25)13-18)20(23)12-26-19-7-5-15-10-17(21)6-4-16(15)11-19/h4-7,10-11,14,18H,3,8-9,12-13H2,1-2H3/t14-,18+/m1/s1. The number of carbonyl (C=O) groups excluding carboxylic acids is 1. The molecule has 1 aliphatic heterocycles. The predicted octanol–water partition coefficient (Wildman–Crippen LogP) is 3.80. The summed E-state index contributed by atoms with van der Waals surface area (Å²) in [5.41, 5.74) is 0. The van der Waals surface area contributed by atoms with Gasteiger partial charge in [-0.25, -0.2) is 8.42 Å². The molecule has 7 heteroatoms. The Morgan fingerprint density at radius 3 is 2.63 bits per heavy atom. The second-order valence-electron chi connectivity index (χ2n) is 7.06. The van der Waals surface area contributed by atoms with Crippen LogP contribution in [0.15, 0.2) is 40.9 Å². The highest BCUT2D eigenvalue weighted by Gasteiger charge is 2.36. The molecule has 1 saturated heterocycles. The van der Waals surface area contributed by atoms with Gasteiger partial charge in [-0.05, 0) is 54.8 Å². The Balaban J connectivity index is 1.71. The molecule has 0 saturated carbocycles. The Bertz CT molecular complexity index is 944. The third kappa shape index (κ3) is 4.82. The Morgan fingerprint density at radius 2 is 1.96 bits per heavy atom. The van der Waals surface area contributed by atoms with Crippen molar-refractivity contribution < 1.29 is 17.9 Å². The van der Waals surface area contributed by atoms with Crippen LogP contribution in [-0.4, -0.2) is 49.4 Å². The van der Waals surface area contributed by atoms with E-state index in [4.69, 9.17) is 4.74 Å². The second kappa shape index (κ2) is 8.19. The summed E-state index contributed by atoms with van der Waals surface area (Å²) in [4.78, 5) is 14.5. The summed E-state index contributed by atoms with van der Waals surface area (Å²) >= 11 is 3.45. The molecule has 1 heterocycles. The summed E-state index contributed by atoms with van der Waals surface area (Å²) in [5, 5.41) is 2.12. The fourth-order valence-corrected chi connectivity index (χ4v) is 5.60. The summed E-state index contributed by atoms with van der Waals surface area (Å²) in [6.07, 6.45) is 1.27. The van der Waals surface area contributed by atoms with Gasteiger partial charge in [-0.3, -0.25) is 4.79 Å². The minimum Gasteiger partial charge on any atom is -0.484 e. The maximum atomic E-state index is 12.8. The zero-order chi connectivity index (χ0) is 19.6. The molecule has 2 aromatic rings. The summed E-state index contributed by atoms with van der Waals surface area (Å²) in [6.45, 7) is 3.86. The predicted molar refractivity (Wildman–Crippen MR) is 111 cm³/mol. The van der Waals surface area contributed by atoms with Crippen molar-refractivity contribution in [2.75, 3.05) is 18.1 Å². The van der Waals surface area contributed by atoms with E-state index >= 15 is 0 Å². The molecule has 2 atom stereocenters. The van der Waals surface area contributed by atoms with E-state index in [-0.39, 0.29) is 36.1 Å². The monoisotopic (exact) mass is 453 g/mol. The number of benzene rings is 2. The molecule has 0 unspecified atom stereocenters. The molecule has 146 valence electrons. The van der Waals surface area contributed by atoms with Gasteiger partial charge in [0.1, 0.15) is 5.75 Å². The molecule has 1 aliphatic rings. The van der Waals surface area contributed by atoms with E-state index < -0.39 is 9.84 Å². The molecule has 2 aromatic carbocycles. The molecule has 0 radical (unpaired) electrons. The van der Waals surface area contributed by atoms with E-state index in [0.29, 0.717) is 12.2 Å². The van der Waals surface area contributed by atoms with E-state index in [2.05, 4.69) is 15.9 Å². The Hall–Kier alpha value is -1.60. The zero-order valence-electron chi connectivity index (χ0n) is 15.5. The largest absolute Gasteiger partial charge is 0.484 e. The quantitative estimate of drug-likeness (QED) is 0.666. The maximum absolute atomic E-state index is 12.8. The Kier molecular flexibility index (Phi) is 6.11. The number of halogens is 1. The number of rotatable bonds is 6. The molecule has 3 rings (SSSR count). The van der Waals surface area contributed by atoms with Gasteiger partial charge in [0.15, 0.2) is 16.4 Å². The summed E-state index contributed by atoms with van der Waals surface area (Å²) < 4.78 is 30.4. The first-order valence-corrected chi connectivity index (χ1v) is 11.7. The molecule has 1 amide bonds. The van der Waals surface area contributed by atoms with Gasteiger partial charge < -0.3 is 9.64 Å². The SMILES string of the molecule is CC[C@@H](C)N(C(=O)COc1ccc2cc(Br)ccc2c1)[C@H]1CCS(=O)(=O)C1. The normalized spacial score (nSPS) is 19.7. The van der Waals surface area contributed by atoms with Crippen molar-refractivity contribution in [3.63, 3.8) is 0 Å². The molecule has 1 fully saturated rings. The lowest BCUT2D eigenvalue weighted by atomic mass is 10.1. The molecule has 0 bridgehead atoms. The molecular formula is C20H24BrNO4S. The molecule has 0 aliphatic carbocycles. The van der Waals surface area contributed by atoms with Gasteiger partial charge in [-0.2, -0.15) is 0 Å². The lowest BCUT2D eigenvalue weighted by Crippen LogP contribution is -2.48. The number of hydrogen-bond acceptors (Lipinski definition) is 4. The average Bonchev–Trinajstić information content (AvgIpc) is 2.99. The van der Waals surface area contributed by atoms with Crippen molar-refractivity contribution in [2.45, 2.75) is 38.8 Å². The van der Waals surface area contributed by atoms with Crippen LogP contribution < -0.4 is 4.74 Å². The van der Waals surface area contributed by atoms with Gasteiger partial charge in [-0.15, -0.1) is 0 Å². The lowest BCUT2D eigenvalue weighted by molar-refractivity contribution is -0.137. The van der Waals surface area contributed by atoms with Crippen molar-refractivity contribution in [3.05, 3.63) is 40.9 Å². The van der Waals surface area contributed by atoms with Crippen LogP contribution >= 0.6 is 15.9 Å². The summed E-state index contributed by atoms with van der Waals surface area (Å²) in [7, 11) is -3.05. The van der Waals surface area contributed by atoms with Crippen LogP contribution in [0.5, 0.6) is 5.75 Å². The fourth-order valence-electron chi connectivity index (χ4n) is 3.50. The second-order valence-corrected chi connectivity index (χ2v) is 10.2. The van der Waals surface area contributed by atoms with Crippen molar-refractivity contribution in [1.29, 1.82) is 0 Å². The molecule has 5 nitrogen and oxygen atoms in total. The van der Waals surface area contributed by atoms with Crippen LogP contribution in [0.1, 0.15) is 26.7 Å². The van der Waals surface area contributed by atoms with Gasteiger partial charge in [0.05, 0.1) is 11.5 Å². The van der Waals surface area contributed by atoms with Crippen LogP contribution in [0, 0.1) is 0 Å². The van der Waals surface area contributed by atoms with E-state index in [1.807, 2.05) is 50.2 Å². The molecule has 0 N–H and O–H groups in total. The van der Waals surface area contributed by atoms with Gasteiger partial charge in [0, 0.05) is 16.6 Å². The van der Waals surface area contributed by atoms with Crippen molar-refractivity contribution in [3.8, 4) is 5.75 Å². The van der Waals surface area contributed by atoms with Gasteiger partial charge in [0.2, 0.25) is 0 Å². The fraction of sp³-hybridized carbons (Fsp3) is 0.450. The Labute approximate surface area is 168 Å². The highest BCUT2D eigenvalue weighted by atomic mass is 79.9. The summed E-state index contributed by atoms with van der Waals surface area (Å²) in [6, 6.07) is 11.4. The van der Waals surface area contributed by atoms with Crippen LogP contribution in [0.4, 0.5) is 0 Å². The van der Waals surface area contributed by atoms with Crippen molar-refractivity contribution in [2.24, 2.45) is 0 Å². The van der Waals surface area contributed by atoms with Crippen LogP contribution in [0.3, 0.4) is 0 Å². The minimum atomic E-state index is -3.05. The number of sulfone groups is 1. The maximum Gasteiger partial charge on any atom is 0.261 e. The molecule has 0 spiro atoms. The number of hydrogen-bond donors (Lipinski definition) is 0. The molecule has 0 aromatic heterocycles. The third-order valence-electron chi connectivity index (χ3n) is 5.09. The van der Waals surface area contributed by atoms with E-state index in [9.17, 15) is 13.2 Å². The first kappa shape index (κ1) is 20.1.